The summed E-state index contributed by atoms with van der Waals surface area (Å²) in [7, 11) is 0. The molecular weight excluding hydrogens is 819 g/mol. The molecule has 2 aliphatic heterocycles. The van der Waals surface area contributed by atoms with Crippen LogP contribution in [0.4, 0.5) is 0 Å². The maximum absolute atomic E-state index is 15.4. The van der Waals surface area contributed by atoms with Gasteiger partial charge in [-0.25, -0.2) is 0 Å². The second-order valence-electron chi connectivity index (χ2n) is 17.1. The van der Waals surface area contributed by atoms with Gasteiger partial charge in [-0.05, 0) is 97.0 Å². The number of nitrogens with zero attached hydrogens (tertiary/aromatic N) is 1. The standard InChI is InChI=1S/C44H47Cl3N4O8/c1-41(2,3)28-12-10-27(11-13-28)39(56)51(33(22-26-9-16-30(46)31(47)20-26)37(54)49-42-17-4-6-36(42)58-23-34(42)52)32(21-25-7-14-29(45)15-8-25)38(55)50-43-18-5-19-44(43,40(48)57)59-24-35(43)53/h7-16,20,32-33,36H,4-6,17-19,21-24H2,1-3H3,(H2,48,57)(H,49,54)(H,50,55). The Morgan fingerprint density at radius 1 is 0.797 bits per heavy atom. The Labute approximate surface area is 357 Å². The minimum Gasteiger partial charge on any atom is -0.367 e. The van der Waals surface area contributed by atoms with E-state index in [1.165, 1.54) is 4.90 Å². The number of amides is 4. The number of halogens is 3. The highest BCUT2D eigenvalue weighted by atomic mass is 35.5. The van der Waals surface area contributed by atoms with Crippen LogP contribution in [0.2, 0.25) is 15.1 Å². The normalized spacial score (nSPS) is 25.9. The zero-order valence-corrected chi connectivity index (χ0v) is 35.3. The number of hydrogen-bond acceptors (Lipinski definition) is 8. The summed E-state index contributed by atoms with van der Waals surface area (Å²) >= 11 is 19.1. The van der Waals surface area contributed by atoms with Crippen LogP contribution in [0, 0.1) is 0 Å². The van der Waals surface area contributed by atoms with Gasteiger partial charge in [0.25, 0.3) is 11.8 Å². The van der Waals surface area contributed by atoms with Gasteiger partial charge < -0.3 is 30.7 Å². The number of carbonyl (C=O) groups excluding carboxylic acids is 6. The summed E-state index contributed by atoms with van der Waals surface area (Å²) in [5.74, 6) is -3.92. The van der Waals surface area contributed by atoms with E-state index >= 15 is 14.4 Å². The van der Waals surface area contributed by atoms with Gasteiger partial charge in [-0.15, -0.1) is 0 Å². The van der Waals surface area contributed by atoms with E-state index < -0.39 is 70.9 Å². The molecule has 59 heavy (non-hydrogen) atoms. The van der Waals surface area contributed by atoms with Crippen LogP contribution >= 0.6 is 34.8 Å². The van der Waals surface area contributed by atoms with Crippen molar-refractivity contribution in [1.29, 1.82) is 0 Å². The molecule has 0 bridgehead atoms. The van der Waals surface area contributed by atoms with Gasteiger partial charge in [-0.2, -0.15) is 0 Å². The van der Waals surface area contributed by atoms with Crippen molar-refractivity contribution >= 4 is 70.0 Å². The van der Waals surface area contributed by atoms with Crippen molar-refractivity contribution in [2.45, 2.75) is 112 Å². The third kappa shape index (κ3) is 7.78. The van der Waals surface area contributed by atoms with E-state index in [0.29, 0.717) is 41.8 Å². The van der Waals surface area contributed by atoms with Crippen LogP contribution in [0.5, 0.6) is 0 Å². The number of benzene rings is 3. The number of Topliss-reactive ketones (excluding diaryl/α,β-unsaturated/α-hetero) is 2. The third-order valence-corrected chi connectivity index (χ3v) is 13.5. The molecule has 3 aromatic rings. The molecule has 6 atom stereocenters. The lowest BCUT2D eigenvalue weighted by Crippen LogP contribution is -2.70. The Balaban J connectivity index is 1.41. The molecule has 2 saturated heterocycles. The minimum absolute atomic E-state index is 0.0651. The quantitative estimate of drug-likeness (QED) is 0.215. The first kappa shape index (κ1) is 42.8. The number of hydrogen-bond donors (Lipinski definition) is 3. The minimum atomic E-state index is -1.82. The molecule has 4 fully saturated rings. The van der Waals surface area contributed by atoms with Crippen LogP contribution in [-0.2, 0) is 51.7 Å². The highest BCUT2D eigenvalue weighted by Gasteiger charge is 2.69. The summed E-state index contributed by atoms with van der Waals surface area (Å²) in [6.45, 7) is 5.48. The van der Waals surface area contributed by atoms with Crippen LogP contribution in [-0.4, -0.2) is 88.2 Å². The molecule has 4 N–H and O–H groups in total. The number of ketones is 2. The molecular formula is C44H47Cl3N4O8. The van der Waals surface area contributed by atoms with E-state index in [1.54, 1.807) is 54.6 Å². The van der Waals surface area contributed by atoms with Crippen LogP contribution in [0.25, 0.3) is 0 Å². The molecule has 6 unspecified atom stereocenters. The van der Waals surface area contributed by atoms with Crippen LogP contribution in [0.1, 0.15) is 86.3 Å². The number of carbonyl (C=O) groups is 6. The predicted octanol–water partition coefficient (Wildman–Crippen LogP) is 5.48. The highest BCUT2D eigenvalue weighted by Crippen LogP contribution is 2.47. The van der Waals surface area contributed by atoms with Gasteiger partial charge in [0.2, 0.25) is 11.8 Å². The first-order valence-corrected chi connectivity index (χ1v) is 20.9. The number of primary amides is 1. The number of ether oxygens (including phenoxy) is 2. The number of nitrogens with one attached hydrogen (secondary N) is 2. The highest BCUT2D eigenvalue weighted by molar-refractivity contribution is 6.42. The van der Waals surface area contributed by atoms with Gasteiger partial charge in [0.1, 0.15) is 36.4 Å². The molecule has 12 nitrogen and oxygen atoms in total. The molecule has 0 spiro atoms. The largest absolute Gasteiger partial charge is 0.367 e. The average molecular weight is 866 g/mol. The van der Waals surface area contributed by atoms with E-state index in [4.69, 9.17) is 50.0 Å². The summed E-state index contributed by atoms with van der Waals surface area (Å²) in [4.78, 5) is 87.5. The Bertz CT molecular complexity index is 2190. The zero-order chi connectivity index (χ0) is 42.5. The summed E-state index contributed by atoms with van der Waals surface area (Å²) in [5, 5.41) is 6.80. The summed E-state index contributed by atoms with van der Waals surface area (Å²) in [6, 6.07) is 15.4. The summed E-state index contributed by atoms with van der Waals surface area (Å²) in [6.07, 6.45) is 1.11. The molecule has 2 aliphatic carbocycles. The summed E-state index contributed by atoms with van der Waals surface area (Å²) in [5.41, 5.74) is 2.87. The lowest BCUT2D eigenvalue weighted by Gasteiger charge is -2.41. The Kier molecular flexibility index (Phi) is 11.8. The molecule has 0 aromatic heterocycles. The van der Waals surface area contributed by atoms with Gasteiger partial charge in [-0.3, -0.25) is 28.8 Å². The van der Waals surface area contributed by atoms with E-state index in [9.17, 15) is 14.4 Å². The van der Waals surface area contributed by atoms with Crippen molar-refractivity contribution in [3.8, 4) is 0 Å². The number of rotatable bonds is 12. The number of fused-ring (bicyclic) bond motifs is 2. The van der Waals surface area contributed by atoms with Crippen molar-refractivity contribution in [2.75, 3.05) is 13.2 Å². The fourth-order valence-electron chi connectivity index (χ4n) is 9.29. The smallest absolute Gasteiger partial charge is 0.255 e. The van der Waals surface area contributed by atoms with E-state index in [1.807, 2.05) is 32.9 Å². The van der Waals surface area contributed by atoms with E-state index in [0.717, 1.165) is 5.56 Å². The fourth-order valence-corrected chi connectivity index (χ4v) is 9.74. The zero-order valence-electron chi connectivity index (χ0n) is 33.1. The van der Waals surface area contributed by atoms with Gasteiger partial charge in [0, 0.05) is 23.4 Å². The molecule has 4 aliphatic rings. The maximum atomic E-state index is 15.4. The predicted molar refractivity (Wildman–Crippen MR) is 221 cm³/mol. The SMILES string of the molecule is CC(C)(C)c1ccc(C(=O)N(C(Cc2ccc(Cl)c(Cl)c2)C(=O)NC23CCCC2OCC3=O)C(Cc2ccc(Cl)cc2)C(=O)NC23CCCC2(C(N)=O)OCC3=O)cc1. The Morgan fingerprint density at radius 2 is 1.44 bits per heavy atom. The van der Waals surface area contributed by atoms with Crippen LogP contribution in [0.3, 0.4) is 0 Å². The lowest BCUT2D eigenvalue weighted by molar-refractivity contribution is -0.146. The Hall–Kier alpha value is -4.33. The molecule has 7 rings (SSSR count). The maximum Gasteiger partial charge on any atom is 0.255 e. The molecule has 4 amide bonds. The van der Waals surface area contributed by atoms with E-state index in [2.05, 4.69) is 10.6 Å². The van der Waals surface area contributed by atoms with Gasteiger partial charge >= 0.3 is 0 Å². The van der Waals surface area contributed by atoms with Crippen molar-refractivity contribution in [2.24, 2.45) is 5.73 Å². The third-order valence-electron chi connectivity index (χ3n) is 12.5. The number of nitrogens with two attached hydrogens (primary N) is 1. The first-order valence-electron chi connectivity index (χ1n) is 19.8. The monoisotopic (exact) mass is 864 g/mol. The molecule has 2 heterocycles. The molecule has 0 radical (unpaired) electrons. The molecule has 2 saturated carbocycles. The Morgan fingerprint density at radius 3 is 2.08 bits per heavy atom. The van der Waals surface area contributed by atoms with Crippen LogP contribution in [0.15, 0.2) is 66.7 Å². The summed E-state index contributed by atoms with van der Waals surface area (Å²) < 4.78 is 11.6. The van der Waals surface area contributed by atoms with Crippen LogP contribution < -0.4 is 16.4 Å². The second-order valence-corrected chi connectivity index (χ2v) is 18.3. The molecule has 312 valence electrons. The molecule has 3 aromatic carbocycles. The van der Waals surface area contributed by atoms with E-state index in [-0.39, 0.29) is 59.1 Å². The topological polar surface area (TPSA) is 174 Å². The average Bonchev–Trinajstić information content (AvgIpc) is 3.93. The fraction of sp³-hybridized carbons (Fsp3) is 0.455. The van der Waals surface area contributed by atoms with Gasteiger partial charge in [0.05, 0.1) is 16.1 Å². The van der Waals surface area contributed by atoms with Crippen molar-refractivity contribution in [1.82, 2.24) is 15.5 Å². The second kappa shape index (κ2) is 16.3. The first-order chi connectivity index (χ1) is 27.9. The van der Waals surface area contributed by atoms with Crippen molar-refractivity contribution in [3.05, 3.63) is 104 Å². The lowest BCUT2D eigenvalue weighted by atomic mass is 9.80. The van der Waals surface area contributed by atoms with Gasteiger partial charge in [0.15, 0.2) is 17.2 Å². The van der Waals surface area contributed by atoms with Crippen molar-refractivity contribution in [3.63, 3.8) is 0 Å². The van der Waals surface area contributed by atoms with Crippen molar-refractivity contribution < 1.29 is 38.2 Å². The van der Waals surface area contributed by atoms with Gasteiger partial charge in [-0.1, -0.05) is 85.9 Å². The molecule has 15 heteroatoms.